The highest BCUT2D eigenvalue weighted by atomic mass is 14.5. The van der Waals surface area contributed by atoms with E-state index in [1.807, 2.05) is 0 Å². The molecule has 0 heteroatoms. The zero-order valence-corrected chi connectivity index (χ0v) is 37.4. The van der Waals surface area contributed by atoms with E-state index < -0.39 is 5.41 Å². The molecule has 1 unspecified atom stereocenters. The Hall–Kier alpha value is -8.58. The van der Waals surface area contributed by atoms with Gasteiger partial charge in [0.15, 0.2) is 0 Å². The summed E-state index contributed by atoms with van der Waals surface area (Å²) in [5, 5.41) is 2.52. The van der Waals surface area contributed by atoms with Crippen molar-refractivity contribution in [3.63, 3.8) is 0 Å². The van der Waals surface area contributed by atoms with Gasteiger partial charge in [-0.25, -0.2) is 0 Å². The van der Waals surface area contributed by atoms with Crippen LogP contribution >= 0.6 is 0 Å². The Morgan fingerprint density at radius 3 is 1.62 bits per heavy atom. The first-order valence-electron chi connectivity index (χ1n) is 23.9. The molecule has 68 heavy (non-hydrogen) atoms. The lowest BCUT2D eigenvalue weighted by molar-refractivity contribution is 0.791. The van der Waals surface area contributed by atoms with Crippen molar-refractivity contribution in [2.45, 2.75) is 11.3 Å². The lowest BCUT2D eigenvalue weighted by Crippen LogP contribution is -2.27. The van der Waals surface area contributed by atoms with E-state index in [1.54, 1.807) is 0 Å². The quantitative estimate of drug-likeness (QED) is 0.146. The van der Waals surface area contributed by atoms with Gasteiger partial charge in [0.2, 0.25) is 0 Å². The maximum Gasteiger partial charge on any atom is 0.0731 e. The van der Waals surface area contributed by atoms with Gasteiger partial charge < -0.3 is 0 Å². The highest BCUT2D eigenvalue weighted by Gasteiger charge is 2.52. The second-order valence-electron chi connectivity index (χ2n) is 18.6. The number of fused-ring (bicyclic) bond motifs is 14. The number of hydrogen-bond acceptors (Lipinski definition) is 0. The number of rotatable bonds is 6. The summed E-state index contributed by atoms with van der Waals surface area (Å²) >= 11 is 0. The number of benzene rings is 11. The zero-order chi connectivity index (χ0) is 44.8. The van der Waals surface area contributed by atoms with Crippen molar-refractivity contribution in [2.24, 2.45) is 0 Å². The van der Waals surface area contributed by atoms with Gasteiger partial charge in [0, 0.05) is 5.92 Å². The van der Waals surface area contributed by atoms with E-state index in [0.717, 1.165) is 5.56 Å². The largest absolute Gasteiger partial charge is 0.0731 e. The van der Waals surface area contributed by atoms with Gasteiger partial charge in [-0.1, -0.05) is 249 Å². The molecule has 14 rings (SSSR count). The van der Waals surface area contributed by atoms with E-state index in [9.17, 15) is 0 Å². The second-order valence-corrected chi connectivity index (χ2v) is 18.6. The molecule has 0 aliphatic heterocycles. The minimum absolute atomic E-state index is 0.230. The molecule has 11 aromatic rings. The van der Waals surface area contributed by atoms with Gasteiger partial charge >= 0.3 is 0 Å². The smallest absolute Gasteiger partial charge is 0.0622 e. The molecule has 3 aliphatic carbocycles. The van der Waals surface area contributed by atoms with Crippen LogP contribution in [0.4, 0.5) is 0 Å². The van der Waals surface area contributed by atoms with Crippen LogP contribution < -0.4 is 0 Å². The van der Waals surface area contributed by atoms with Crippen LogP contribution in [0.25, 0.3) is 78.1 Å². The van der Waals surface area contributed by atoms with Gasteiger partial charge in [0.1, 0.15) is 0 Å². The predicted octanol–water partition coefficient (Wildman–Crippen LogP) is 17.3. The lowest BCUT2D eigenvalue weighted by Gasteiger charge is -2.32. The molecule has 0 heterocycles. The van der Waals surface area contributed by atoms with Crippen LogP contribution in [0, 0.1) is 0 Å². The molecule has 0 bridgehead atoms. The monoisotopic (exact) mass is 860 g/mol. The van der Waals surface area contributed by atoms with Gasteiger partial charge in [-0.3, -0.25) is 0 Å². The van der Waals surface area contributed by atoms with Crippen molar-refractivity contribution in [3.05, 3.63) is 310 Å². The van der Waals surface area contributed by atoms with E-state index in [4.69, 9.17) is 0 Å². The summed E-state index contributed by atoms with van der Waals surface area (Å²) in [6.45, 7) is 0. The fraction of sp³-hybridized carbons (Fsp3) is 0.0294. The molecule has 0 N–H and O–H groups in total. The Kier molecular flexibility index (Phi) is 8.67. The minimum Gasteiger partial charge on any atom is -0.0622 e. The third-order valence-electron chi connectivity index (χ3n) is 15.2. The summed E-state index contributed by atoms with van der Waals surface area (Å²) in [5.74, 6) is 0.230. The summed E-state index contributed by atoms with van der Waals surface area (Å²) in [5.41, 5.74) is 26.6. The molecule has 0 aromatic heterocycles. The fourth-order valence-corrected chi connectivity index (χ4v) is 12.3. The van der Waals surface area contributed by atoms with Crippen molar-refractivity contribution in [1.29, 1.82) is 0 Å². The molecule has 1 spiro atoms. The van der Waals surface area contributed by atoms with Gasteiger partial charge in [-0.15, -0.1) is 0 Å². The van der Waals surface area contributed by atoms with E-state index in [1.165, 1.54) is 122 Å². The van der Waals surface area contributed by atoms with Crippen molar-refractivity contribution in [1.82, 2.24) is 0 Å². The Balaban J connectivity index is 0.946. The topological polar surface area (TPSA) is 0 Å². The van der Waals surface area contributed by atoms with E-state index in [2.05, 4.69) is 261 Å². The summed E-state index contributed by atoms with van der Waals surface area (Å²) < 4.78 is 0. The third kappa shape index (κ3) is 5.68. The Morgan fingerprint density at radius 2 is 0.882 bits per heavy atom. The van der Waals surface area contributed by atoms with Crippen LogP contribution in [0.3, 0.4) is 0 Å². The first-order valence-corrected chi connectivity index (χ1v) is 23.9. The van der Waals surface area contributed by atoms with E-state index in [-0.39, 0.29) is 5.92 Å². The van der Waals surface area contributed by atoms with Crippen LogP contribution in [-0.4, -0.2) is 0 Å². The van der Waals surface area contributed by atoms with Crippen molar-refractivity contribution >= 4 is 22.4 Å². The van der Waals surface area contributed by atoms with Crippen LogP contribution in [0.2, 0.25) is 0 Å². The Morgan fingerprint density at radius 1 is 0.353 bits per heavy atom. The minimum atomic E-state index is -0.481. The maximum absolute atomic E-state index is 2.43. The predicted molar refractivity (Wildman–Crippen MR) is 284 cm³/mol. The number of hydrogen-bond donors (Lipinski definition) is 0. The molecular weight excluding hydrogens is 817 g/mol. The molecule has 1 atom stereocenters. The summed E-state index contributed by atoms with van der Waals surface area (Å²) in [6.07, 6.45) is 2.43. The normalized spacial score (nSPS) is 14.5. The summed E-state index contributed by atoms with van der Waals surface area (Å²) in [4.78, 5) is 0. The molecule has 0 radical (unpaired) electrons. The van der Waals surface area contributed by atoms with Gasteiger partial charge in [-0.05, 0) is 140 Å². The SMILES string of the molecule is C(=C(c1ccc(-c2ccc3c(c2)-c2ccccc2C3c2ccccc2)cc1)c1cccc2c1C1(c3ccccc3-c3ccccc31)c1ccccc1-2)c1ccc(-c2cccc3ccccc23)cc1. The summed E-state index contributed by atoms with van der Waals surface area (Å²) in [6, 6.07) is 95.2. The standard InChI is InChI=1S/C68H44/c1-2-17-49(18-3-1)66-57-25-7-6-21-53(57)62-43-50(40-41-58(62)66)45-36-38-48(39-37-45)61(42-44-32-34-47(35-33-44)52-26-14-19-46-16-4-5-20-51(46)52)60-28-15-27-59-56-24-10-13-31-65(56)68(67(59)60)63-29-11-8-22-54(63)55-23-9-12-30-64(55)68/h1-43,66H. The van der Waals surface area contributed by atoms with Crippen molar-refractivity contribution < 1.29 is 0 Å². The van der Waals surface area contributed by atoms with Crippen molar-refractivity contribution in [2.75, 3.05) is 0 Å². The molecule has 3 aliphatic rings. The molecule has 11 aromatic carbocycles. The molecular formula is C68H44. The van der Waals surface area contributed by atoms with Gasteiger partial charge in [0.05, 0.1) is 5.41 Å². The van der Waals surface area contributed by atoms with Crippen LogP contribution in [0.5, 0.6) is 0 Å². The fourth-order valence-electron chi connectivity index (χ4n) is 12.3. The highest BCUT2D eigenvalue weighted by Crippen LogP contribution is 2.64. The zero-order valence-electron chi connectivity index (χ0n) is 37.4. The average Bonchev–Trinajstić information content (AvgIpc) is 4.02. The highest BCUT2D eigenvalue weighted by molar-refractivity contribution is 6.02. The average molecular weight is 861 g/mol. The van der Waals surface area contributed by atoms with Gasteiger partial charge in [-0.2, -0.15) is 0 Å². The molecule has 0 nitrogen and oxygen atoms in total. The van der Waals surface area contributed by atoms with E-state index >= 15 is 0 Å². The van der Waals surface area contributed by atoms with Gasteiger partial charge in [0.25, 0.3) is 0 Å². The second kappa shape index (κ2) is 15.2. The molecule has 0 amide bonds. The Bertz CT molecular complexity index is 3760. The van der Waals surface area contributed by atoms with E-state index in [0.29, 0.717) is 0 Å². The van der Waals surface area contributed by atoms with Crippen LogP contribution in [-0.2, 0) is 5.41 Å². The molecule has 0 fully saturated rings. The van der Waals surface area contributed by atoms with Crippen LogP contribution in [0.1, 0.15) is 61.6 Å². The van der Waals surface area contributed by atoms with Crippen molar-refractivity contribution in [3.8, 4) is 55.6 Å². The first-order chi connectivity index (χ1) is 33.7. The molecule has 316 valence electrons. The molecule has 0 saturated heterocycles. The molecule has 0 saturated carbocycles. The summed E-state index contributed by atoms with van der Waals surface area (Å²) in [7, 11) is 0. The Labute approximate surface area is 397 Å². The van der Waals surface area contributed by atoms with Crippen LogP contribution in [0.15, 0.2) is 255 Å². The maximum atomic E-state index is 2.43. The lowest BCUT2D eigenvalue weighted by atomic mass is 9.68. The third-order valence-corrected chi connectivity index (χ3v) is 15.2. The first kappa shape index (κ1) is 38.7.